The Labute approximate surface area is 84.4 Å². The normalized spacial score (nSPS) is 10.4. The van der Waals surface area contributed by atoms with E-state index in [2.05, 4.69) is 25.1 Å². The zero-order valence-electron chi connectivity index (χ0n) is 7.43. The second kappa shape index (κ2) is 3.62. The third kappa shape index (κ3) is 1.82. The lowest BCUT2D eigenvalue weighted by Gasteiger charge is -2.01. The van der Waals surface area contributed by atoms with Gasteiger partial charge in [-0.3, -0.25) is 5.10 Å². The van der Waals surface area contributed by atoms with E-state index in [-0.39, 0.29) is 5.95 Å². The van der Waals surface area contributed by atoms with Crippen molar-refractivity contribution in [2.24, 2.45) is 0 Å². The molecular weight excluding hydrogens is 200 g/mol. The fourth-order valence-corrected chi connectivity index (χ4v) is 1.61. The number of anilines is 1. The van der Waals surface area contributed by atoms with Crippen LogP contribution in [0.4, 0.5) is 5.95 Å². The quantitative estimate of drug-likeness (QED) is 0.703. The molecule has 2 heterocycles. The van der Waals surface area contributed by atoms with Gasteiger partial charge < -0.3 is 5.73 Å². The van der Waals surface area contributed by atoms with Crippen LogP contribution in [0.1, 0.15) is 5.56 Å². The SMILES string of the molecule is Cc1cnc(N)nc1Sc1ncn[nH]1. The Morgan fingerprint density at radius 2 is 2.29 bits per heavy atom. The molecule has 0 aliphatic rings. The van der Waals surface area contributed by atoms with Crippen molar-refractivity contribution < 1.29 is 0 Å². The van der Waals surface area contributed by atoms with Gasteiger partial charge >= 0.3 is 0 Å². The molecule has 7 heteroatoms. The minimum Gasteiger partial charge on any atom is -0.368 e. The minimum atomic E-state index is 0.262. The Morgan fingerprint density at radius 3 is 3.00 bits per heavy atom. The summed E-state index contributed by atoms with van der Waals surface area (Å²) in [5.74, 6) is 0.262. The number of rotatable bonds is 2. The van der Waals surface area contributed by atoms with Crippen LogP contribution in [0.2, 0.25) is 0 Å². The molecule has 14 heavy (non-hydrogen) atoms. The number of nitrogens with zero attached hydrogens (tertiary/aromatic N) is 4. The molecule has 0 radical (unpaired) electrons. The Kier molecular flexibility index (Phi) is 2.32. The summed E-state index contributed by atoms with van der Waals surface area (Å²) in [6.07, 6.45) is 3.13. The van der Waals surface area contributed by atoms with Crippen LogP contribution < -0.4 is 5.73 Å². The van der Waals surface area contributed by atoms with Crippen molar-refractivity contribution in [3.63, 3.8) is 0 Å². The number of nitrogen functional groups attached to an aromatic ring is 1. The van der Waals surface area contributed by atoms with Gasteiger partial charge in [0.15, 0.2) is 5.16 Å². The predicted octanol–water partition coefficient (Wildman–Crippen LogP) is 0.637. The van der Waals surface area contributed by atoms with Crippen LogP contribution in [0.25, 0.3) is 0 Å². The summed E-state index contributed by atoms with van der Waals surface area (Å²) >= 11 is 1.37. The largest absolute Gasteiger partial charge is 0.368 e. The fourth-order valence-electron chi connectivity index (χ4n) is 0.878. The van der Waals surface area contributed by atoms with Crippen molar-refractivity contribution in [1.82, 2.24) is 25.1 Å². The molecule has 0 saturated heterocycles. The number of nitrogens with one attached hydrogen (secondary N) is 1. The van der Waals surface area contributed by atoms with Crippen molar-refractivity contribution >= 4 is 17.7 Å². The maximum absolute atomic E-state index is 5.47. The van der Waals surface area contributed by atoms with Gasteiger partial charge in [0, 0.05) is 11.8 Å². The molecular formula is C7H8N6S. The molecule has 0 fully saturated rings. The number of H-pyrrole nitrogens is 1. The monoisotopic (exact) mass is 208 g/mol. The van der Waals surface area contributed by atoms with Gasteiger partial charge in [-0.1, -0.05) is 0 Å². The maximum atomic E-state index is 5.47. The van der Waals surface area contributed by atoms with Gasteiger partial charge in [0.05, 0.1) is 0 Å². The molecule has 2 aromatic rings. The summed E-state index contributed by atoms with van der Waals surface area (Å²) in [5, 5.41) is 7.94. The summed E-state index contributed by atoms with van der Waals surface area (Å²) < 4.78 is 0. The molecule has 0 aromatic carbocycles. The first-order valence-electron chi connectivity index (χ1n) is 3.88. The molecule has 0 atom stereocenters. The molecule has 0 spiro atoms. The summed E-state index contributed by atoms with van der Waals surface area (Å²) in [6.45, 7) is 1.91. The molecule has 2 rings (SSSR count). The summed E-state index contributed by atoms with van der Waals surface area (Å²) in [4.78, 5) is 11.9. The highest BCUT2D eigenvalue weighted by Gasteiger charge is 2.05. The highest BCUT2D eigenvalue weighted by molar-refractivity contribution is 7.99. The number of hydrogen-bond acceptors (Lipinski definition) is 6. The van der Waals surface area contributed by atoms with Gasteiger partial charge in [0.25, 0.3) is 0 Å². The van der Waals surface area contributed by atoms with Gasteiger partial charge in [-0.2, -0.15) is 5.10 Å². The molecule has 0 amide bonds. The van der Waals surface area contributed by atoms with E-state index in [1.807, 2.05) is 6.92 Å². The molecule has 0 bridgehead atoms. The Balaban J connectivity index is 2.28. The van der Waals surface area contributed by atoms with Crippen LogP contribution in [0.3, 0.4) is 0 Å². The maximum Gasteiger partial charge on any atom is 0.221 e. The molecule has 0 aliphatic carbocycles. The van der Waals surface area contributed by atoms with Gasteiger partial charge in [-0.25, -0.2) is 15.0 Å². The first-order valence-corrected chi connectivity index (χ1v) is 4.69. The van der Waals surface area contributed by atoms with Crippen molar-refractivity contribution in [3.8, 4) is 0 Å². The van der Waals surface area contributed by atoms with E-state index in [9.17, 15) is 0 Å². The van der Waals surface area contributed by atoms with E-state index < -0.39 is 0 Å². The molecule has 72 valence electrons. The van der Waals surface area contributed by atoms with Crippen molar-refractivity contribution in [2.45, 2.75) is 17.1 Å². The second-order valence-corrected chi connectivity index (χ2v) is 3.59. The van der Waals surface area contributed by atoms with E-state index in [4.69, 9.17) is 5.73 Å². The van der Waals surface area contributed by atoms with E-state index in [0.29, 0.717) is 5.16 Å². The third-order valence-electron chi connectivity index (χ3n) is 1.53. The summed E-state index contributed by atoms with van der Waals surface area (Å²) in [5.41, 5.74) is 6.43. The first-order chi connectivity index (χ1) is 6.75. The van der Waals surface area contributed by atoms with E-state index in [0.717, 1.165) is 10.6 Å². The lowest BCUT2D eigenvalue weighted by atomic mass is 10.4. The molecule has 0 unspecified atom stereocenters. The topological polar surface area (TPSA) is 93.4 Å². The average Bonchev–Trinajstić information content (AvgIpc) is 2.64. The zero-order chi connectivity index (χ0) is 9.97. The second-order valence-electron chi connectivity index (χ2n) is 2.61. The number of nitrogens with two attached hydrogens (primary N) is 1. The highest BCUT2D eigenvalue weighted by Crippen LogP contribution is 2.24. The van der Waals surface area contributed by atoms with Crippen molar-refractivity contribution in [3.05, 3.63) is 18.1 Å². The Hall–Kier alpha value is -1.63. The summed E-state index contributed by atoms with van der Waals surface area (Å²) in [7, 11) is 0. The molecule has 6 nitrogen and oxygen atoms in total. The van der Waals surface area contributed by atoms with Gasteiger partial charge in [-0.15, -0.1) is 0 Å². The predicted molar refractivity (Wildman–Crippen MR) is 51.7 cm³/mol. The molecule has 3 N–H and O–H groups in total. The zero-order valence-corrected chi connectivity index (χ0v) is 8.25. The lowest BCUT2D eigenvalue weighted by molar-refractivity contribution is 0.957. The molecule has 2 aromatic heterocycles. The average molecular weight is 208 g/mol. The Morgan fingerprint density at radius 1 is 1.43 bits per heavy atom. The van der Waals surface area contributed by atoms with Crippen molar-refractivity contribution in [1.29, 1.82) is 0 Å². The van der Waals surface area contributed by atoms with Crippen LogP contribution in [0.15, 0.2) is 22.7 Å². The highest BCUT2D eigenvalue weighted by atomic mass is 32.2. The molecule has 0 aliphatic heterocycles. The van der Waals surface area contributed by atoms with E-state index in [1.54, 1.807) is 6.20 Å². The minimum absolute atomic E-state index is 0.262. The Bertz CT molecular complexity index is 426. The standard InChI is InChI=1S/C7H8N6S/c1-4-2-9-6(8)12-5(4)14-7-10-3-11-13-7/h2-3H,1H3,(H2,8,9,12)(H,10,11,13). The summed E-state index contributed by atoms with van der Waals surface area (Å²) in [6, 6.07) is 0. The van der Waals surface area contributed by atoms with Gasteiger partial charge in [0.2, 0.25) is 5.95 Å². The number of aryl methyl sites for hydroxylation is 1. The number of aromatic nitrogens is 5. The van der Waals surface area contributed by atoms with Crippen LogP contribution in [-0.4, -0.2) is 25.1 Å². The fraction of sp³-hybridized carbons (Fsp3) is 0.143. The van der Waals surface area contributed by atoms with Crippen molar-refractivity contribution in [2.75, 3.05) is 5.73 Å². The van der Waals surface area contributed by atoms with Crippen LogP contribution >= 0.6 is 11.8 Å². The van der Waals surface area contributed by atoms with Gasteiger partial charge in [0.1, 0.15) is 11.4 Å². The number of aromatic amines is 1. The molecule has 0 saturated carbocycles. The lowest BCUT2D eigenvalue weighted by Crippen LogP contribution is -1.97. The first kappa shape index (κ1) is 8.95. The van der Waals surface area contributed by atoms with Gasteiger partial charge in [-0.05, 0) is 18.7 Å². The van der Waals surface area contributed by atoms with Crippen LogP contribution in [-0.2, 0) is 0 Å². The van der Waals surface area contributed by atoms with E-state index in [1.165, 1.54) is 18.1 Å². The smallest absolute Gasteiger partial charge is 0.221 e. The van der Waals surface area contributed by atoms with Crippen LogP contribution in [0.5, 0.6) is 0 Å². The van der Waals surface area contributed by atoms with Crippen LogP contribution in [0, 0.1) is 6.92 Å². The van der Waals surface area contributed by atoms with E-state index >= 15 is 0 Å². The number of hydrogen-bond donors (Lipinski definition) is 2. The third-order valence-corrected chi connectivity index (χ3v) is 2.53.